The van der Waals surface area contributed by atoms with E-state index in [1.165, 1.54) is 0 Å². The van der Waals surface area contributed by atoms with Gasteiger partial charge in [0.15, 0.2) is 0 Å². The first-order chi connectivity index (χ1) is 8.47. The fraction of sp³-hybridized carbons (Fsp3) is 0.462. The summed E-state index contributed by atoms with van der Waals surface area (Å²) < 4.78 is 0. The second-order valence-electron chi connectivity index (χ2n) is 4.40. The Kier molecular flexibility index (Phi) is 6.27. The van der Waals surface area contributed by atoms with Gasteiger partial charge in [0.1, 0.15) is 0 Å². The van der Waals surface area contributed by atoms with E-state index >= 15 is 0 Å². The van der Waals surface area contributed by atoms with Gasteiger partial charge in [0.05, 0.1) is 15.6 Å². The standard InChI is InChI=1S/C13H16Cl3NO/c1-8(2)11(6-7-14)17-13(18)12-9(15)4-3-5-10(12)16/h3-5,8,11H,6-7H2,1-2H3,(H,17,18). The third-order valence-electron chi connectivity index (χ3n) is 2.73. The molecule has 0 aliphatic carbocycles. The lowest BCUT2D eigenvalue weighted by Crippen LogP contribution is -2.39. The van der Waals surface area contributed by atoms with E-state index in [1.807, 2.05) is 13.8 Å². The van der Waals surface area contributed by atoms with Gasteiger partial charge in [-0.15, -0.1) is 11.6 Å². The molecule has 0 saturated carbocycles. The molecule has 2 nitrogen and oxygen atoms in total. The molecular weight excluding hydrogens is 293 g/mol. The average molecular weight is 309 g/mol. The van der Waals surface area contributed by atoms with Crippen LogP contribution in [0.3, 0.4) is 0 Å². The van der Waals surface area contributed by atoms with Crippen LogP contribution in [0.25, 0.3) is 0 Å². The predicted octanol–water partition coefficient (Wildman–Crippen LogP) is 4.38. The molecule has 5 heteroatoms. The lowest BCUT2D eigenvalue weighted by molar-refractivity contribution is 0.0925. The number of halogens is 3. The number of amides is 1. The molecule has 100 valence electrons. The Morgan fingerprint density at radius 3 is 2.28 bits per heavy atom. The number of carbonyl (C=O) groups is 1. The van der Waals surface area contributed by atoms with Crippen LogP contribution in [-0.4, -0.2) is 17.8 Å². The second kappa shape index (κ2) is 7.22. The average Bonchev–Trinajstić information content (AvgIpc) is 2.28. The van der Waals surface area contributed by atoms with Gasteiger partial charge in [0, 0.05) is 11.9 Å². The third-order valence-corrected chi connectivity index (χ3v) is 3.58. The summed E-state index contributed by atoms with van der Waals surface area (Å²) in [5, 5.41) is 3.63. The smallest absolute Gasteiger partial charge is 0.254 e. The molecule has 1 aromatic rings. The van der Waals surface area contributed by atoms with Crippen LogP contribution in [0.1, 0.15) is 30.6 Å². The van der Waals surface area contributed by atoms with E-state index < -0.39 is 0 Å². The second-order valence-corrected chi connectivity index (χ2v) is 5.59. The van der Waals surface area contributed by atoms with Crippen LogP contribution in [0.4, 0.5) is 0 Å². The van der Waals surface area contributed by atoms with Crippen molar-refractivity contribution in [3.8, 4) is 0 Å². The van der Waals surface area contributed by atoms with Gasteiger partial charge < -0.3 is 5.32 Å². The highest BCUT2D eigenvalue weighted by Gasteiger charge is 2.20. The highest BCUT2D eigenvalue weighted by atomic mass is 35.5. The summed E-state index contributed by atoms with van der Waals surface area (Å²) in [5.41, 5.74) is 0.320. The lowest BCUT2D eigenvalue weighted by Gasteiger charge is -2.22. The monoisotopic (exact) mass is 307 g/mol. The van der Waals surface area contributed by atoms with Gasteiger partial charge >= 0.3 is 0 Å². The Bertz CT molecular complexity index is 400. The Balaban J connectivity index is 2.87. The van der Waals surface area contributed by atoms with Gasteiger partial charge in [-0.25, -0.2) is 0 Å². The van der Waals surface area contributed by atoms with E-state index in [9.17, 15) is 4.79 Å². The van der Waals surface area contributed by atoms with Crippen LogP contribution in [0.15, 0.2) is 18.2 Å². The molecule has 0 saturated heterocycles. The van der Waals surface area contributed by atoms with E-state index in [0.29, 0.717) is 33.8 Å². The number of benzene rings is 1. The van der Waals surface area contributed by atoms with Crippen molar-refractivity contribution in [2.45, 2.75) is 26.3 Å². The molecule has 1 rings (SSSR count). The fourth-order valence-electron chi connectivity index (χ4n) is 1.65. The number of hydrogen-bond donors (Lipinski definition) is 1. The van der Waals surface area contributed by atoms with Gasteiger partial charge in [0.2, 0.25) is 0 Å². The number of carbonyl (C=O) groups excluding carboxylic acids is 1. The molecule has 0 aromatic heterocycles. The van der Waals surface area contributed by atoms with Crippen LogP contribution in [0.5, 0.6) is 0 Å². The molecule has 1 atom stereocenters. The number of hydrogen-bond acceptors (Lipinski definition) is 1. The zero-order valence-corrected chi connectivity index (χ0v) is 12.6. The number of alkyl halides is 1. The van der Waals surface area contributed by atoms with Crippen LogP contribution in [0.2, 0.25) is 10.0 Å². The molecule has 0 aliphatic heterocycles. The molecule has 0 spiro atoms. The van der Waals surface area contributed by atoms with Gasteiger partial charge in [-0.1, -0.05) is 43.1 Å². The van der Waals surface area contributed by atoms with Gasteiger partial charge in [-0.05, 0) is 24.5 Å². The van der Waals surface area contributed by atoms with Gasteiger partial charge in [-0.3, -0.25) is 4.79 Å². The first kappa shape index (κ1) is 15.6. The van der Waals surface area contributed by atoms with E-state index in [2.05, 4.69) is 5.32 Å². The van der Waals surface area contributed by atoms with Crippen LogP contribution in [0, 0.1) is 5.92 Å². The largest absolute Gasteiger partial charge is 0.349 e. The van der Waals surface area contributed by atoms with Crippen LogP contribution >= 0.6 is 34.8 Å². The third kappa shape index (κ3) is 4.04. The van der Waals surface area contributed by atoms with Crippen molar-refractivity contribution in [3.63, 3.8) is 0 Å². The van der Waals surface area contributed by atoms with Crippen molar-refractivity contribution in [1.82, 2.24) is 5.32 Å². The molecule has 1 N–H and O–H groups in total. The summed E-state index contributed by atoms with van der Waals surface area (Å²) >= 11 is 17.7. The summed E-state index contributed by atoms with van der Waals surface area (Å²) in [7, 11) is 0. The van der Waals surface area contributed by atoms with Crippen LogP contribution in [-0.2, 0) is 0 Å². The molecule has 18 heavy (non-hydrogen) atoms. The van der Waals surface area contributed by atoms with E-state index in [0.717, 1.165) is 0 Å². The maximum absolute atomic E-state index is 12.2. The minimum absolute atomic E-state index is 0.0161. The van der Waals surface area contributed by atoms with Crippen LogP contribution < -0.4 is 5.32 Å². The quantitative estimate of drug-likeness (QED) is 0.804. The van der Waals surface area contributed by atoms with Crippen molar-refractivity contribution in [2.75, 3.05) is 5.88 Å². The van der Waals surface area contributed by atoms with Crippen molar-refractivity contribution in [3.05, 3.63) is 33.8 Å². The summed E-state index contributed by atoms with van der Waals surface area (Å²) in [6, 6.07) is 5.02. The Morgan fingerprint density at radius 2 is 1.83 bits per heavy atom. The maximum Gasteiger partial charge on any atom is 0.254 e. The fourth-order valence-corrected chi connectivity index (χ4v) is 2.45. The zero-order chi connectivity index (χ0) is 13.7. The van der Waals surface area contributed by atoms with Crippen molar-refractivity contribution in [1.29, 1.82) is 0 Å². The van der Waals surface area contributed by atoms with Crippen molar-refractivity contribution >= 4 is 40.7 Å². The molecule has 0 heterocycles. The zero-order valence-electron chi connectivity index (χ0n) is 10.3. The number of rotatable bonds is 5. The molecular formula is C13H16Cl3NO. The first-order valence-corrected chi connectivity index (χ1v) is 7.07. The summed E-state index contributed by atoms with van der Waals surface area (Å²) in [5.74, 6) is 0.544. The molecule has 1 unspecified atom stereocenters. The SMILES string of the molecule is CC(C)C(CCCl)NC(=O)c1c(Cl)cccc1Cl. The predicted molar refractivity (Wildman–Crippen MR) is 77.9 cm³/mol. The molecule has 1 amide bonds. The van der Waals surface area contributed by atoms with E-state index in [-0.39, 0.29) is 11.9 Å². The maximum atomic E-state index is 12.2. The Hall–Kier alpha value is -0.440. The van der Waals surface area contributed by atoms with Gasteiger partial charge in [0.25, 0.3) is 5.91 Å². The lowest BCUT2D eigenvalue weighted by atomic mass is 10.0. The summed E-state index contributed by atoms with van der Waals surface area (Å²) in [4.78, 5) is 12.2. The van der Waals surface area contributed by atoms with Gasteiger partial charge in [-0.2, -0.15) is 0 Å². The van der Waals surface area contributed by atoms with E-state index in [4.69, 9.17) is 34.8 Å². The normalized spacial score (nSPS) is 12.6. The minimum Gasteiger partial charge on any atom is -0.349 e. The summed E-state index contributed by atoms with van der Waals surface area (Å²) in [6.45, 7) is 4.07. The topological polar surface area (TPSA) is 29.1 Å². The highest BCUT2D eigenvalue weighted by Crippen LogP contribution is 2.24. The molecule has 0 aliphatic rings. The minimum atomic E-state index is -0.255. The summed E-state index contributed by atoms with van der Waals surface area (Å²) in [6.07, 6.45) is 0.715. The molecule has 0 fully saturated rings. The number of nitrogens with one attached hydrogen (secondary N) is 1. The molecule has 0 bridgehead atoms. The first-order valence-electron chi connectivity index (χ1n) is 5.78. The highest BCUT2D eigenvalue weighted by molar-refractivity contribution is 6.39. The van der Waals surface area contributed by atoms with E-state index in [1.54, 1.807) is 18.2 Å². The van der Waals surface area contributed by atoms with Crippen molar-refractivity contribution < 1.29 is 4.79 Å². The van der Waals surface area contributed by atoms with Crippen molar-refractivity contribution in [2.24, 2.45) is 5.92 Å². The Morgan fingerprint density at radius 1 is 1.28 bits per heavy atom. The Labute approximate surface area is 123 Å². The molecule has 1 aromatic carbocycles. The molecule has 0 radical (unpaired) electrons.